The summed E-state index contributed by atoms with van der Waals surface area (Å²) in [5, 5.41) is 11.2. The lowest BCUT2D eigenvalue weighted by atomic mass is 10.2. The number of non-ortho nitro benzene ring substituents is 1. The first-order chi connectivity index (χ1) is 9.47. The van der Waals surface area contributed by atoms with E-state index in [1.165, 1.54) is 30.3 Å². The van der Waals surface area contributed by atoms with Crippen LogP contribution in [0.15, 0.2) is 36.4 Å². The van der Waals surface area contributed by atoms with Gasteiger partial charge in [-0.3, -0.25) is 10.1 Å². The fourth-order valence-electron chi connectivity index (χ4n) is 1.51. The zero-order valence-electron chi connectivity index (χ0n) is 9.98. The number of rotatable bonds is 4. The minimum atomic E-state index is -0.563. The highest BCUT2D eigenvalue weighted by Gasteiger charge is 2.12. The molecule has 4 nitrogen and oxygen atoms in total. The van der Waals surface area contributed by atoms with E-state index in [4.69, 9.17) is 27.9 Å². The van der Waals surface area contributed by atoms with Crippen LogP contribution in [0.25, 0.3) is 0 Å². The van der Waals surface area contributed by atoms with Crippen LogP contribution in [0.5, 0.6) is 5.75 Å². The van der Waals surface area contributed by atoms with Crippen molar-refractivity contribution in [3.63, 3.8) is 0 Å². The zero-order valence-corrected chi connectivity index (χ0v) is 11.5. The molecule has 0 bridgehead atoms. The van der Waals surface area contributed by atoms with Gasteiger partial charge in [0.2, 0.25) is 0 Å². The van der Waals surface area contributed by atoms with Crippen molar-refractivity contribution < 1.29 is 14.1 Å². The standard InChI is InChI=1S/C13H8Cl2FNO3/c14-9-2-1-8(12(16)5-9)7-20-13-6-10(17(18)19)3-4-11(13)15/h1-6H,7H2. The van der Waals surface area contributed by atoms with Crippen LogP contribution in [0.4, 0.5) is 10.1 Å². The maximum Gasteiger partial charge on any atom is 0.273 e. The van der Waals surface area contributed by atoms with Crippen molar-refractivity contribution in [2.24, 2.45) is 0 Å². The second-order valence-corrected chi connectivity index (χ2v) is 4.74. The van der Waals surface area contributed by atoms with Crippen LogP contribution in [-0.4, -0.2) is 4.92 Å². The molecule has 0 aliphatic heterocycles. The summed E-state index contributed by atoms with van der Waals surface area (Å²) in [6.45, 7) is -0.107. The van der Waals surface area contributed by atoms with Crippen LogP contribution >= 0.6 is 23.2 Å². The molecule has 0 saturated carbocycles. The van der Waals surface area contributed by atoms with Gasteiger partial charge in [-0.05, 0) is 18.2 Å². The number of benzene rings is 2. The summed E-state index contributed by atoms with van der Waals surface area (Å²) >= 11 is 11.5. The Morgan fingerprint density at radius 2 is 1.95 bits per heavy atom. The highest BCUT2D eigenvalue weighted by atomic mass is 35.5. The molecule has 7 heteroatoms. The molecule has 104 valence electrons. The summed E-state index contributed by atoms with van der Waals surface area (Å²) in [5.74, 6) is -0.394. The smallest absolute Gasteiger partial charge is 0.273 e. The monoisotopic (exact) mass is 315 g/mol. The molecule has 0 atom stereocenters. The van der Waals surface area contributed by atoms with Crippen molar-refractivity contribution in [3.8, 4) is 5.75 Å². The Labute approximate surface area is 123 Å². The van der Waals surface area contributed by atoms with Crippen LogP contribution in [0.3, 0.4) is 0 Å². The normalized spacial score (nSPS) is 10.3. The quantitative estimate of drug-likeness (QED) is 0.611. The summed E-state index contributed by atoms with van der Waals surface area (Å²) in [4.78, 5) is 10.1. The first-order valence-electron chi connectivity index (χ1n) is 5.48. The largest absolute Gasteiger partial charge is 0.487 e. The number of nitrogens with zero attached hydrogens (tertiary/aromatic N) is 1. The molecule has 0 fully saturated rings. The highest BCUT2D eigenvalue weighted by molar-refractivity contribution is 6.32. The van der Waals surface area contributed by atoms with Crippen molar-refractivity contribution in [3.05, 3.63) is 67.9 Å². The number of hydrogen-bond donors (Lipinski definition) is 0. The maximum absolute atomic E-state index is 13.6. The zero-order chi connectivity index (χ0) is 14.7. The van der Waals surface area contributed by atoms with E-state index < -0.39 is 10.7 Å². The van der Waals surface area contributed by atoms with E-state index >= 15 is 0 Å². The molecule has 0 radical (unpaired) electrons. The predicted molar refractivity (Wildman–Crippen MR) is 73.8 cm³/mol. The van der Waals surface area contributed by atoms with Crippen molar-refractivity contribution in [1.29, 1.82) is 0 Å². The van der Waals surface area contributed by atoms with E-state index in [1.54, 1.807) is 0 Å². The van der Waals surface area contributed by atoms with Crippen molar-refractivity contribution in [2.45, 2.75) is 6.61 Å². The fraction of sp³-hybridized carbons (Fsp3) is 0.0769. The molecule has 2 rings (SSSR count). The van der Waals surface area contributed by atoms with Gasteiger partial charge in [-0.1, -0.05) is 29.3 Å². The average Bonchev–Trinajstić information content (AvgIpc) is 2.39. The Morgan fingerprint density at radius 3 is 2.60 bits per heavy atom. The van der Waals surface area contributed by atoms with Crippen LogP contribution < -0.4 is 4.74 Å². The lowest BCUT2D eigenvalue weighted by molar-refractivity contribution is -0.384. The van der Waals surface area contributed by atoms with Crippen molar-refractivity contribution in [1.82, 2.24) is 0 Å². The van der Waals surface area contributed by atoms with E-state index in [2.05, 4.69) is 0 Å². The topological polar surface area (TPSA) is 52.4 Å². The Hall–Kier alpha value is -1.85. The van der Waals surface area contributed by atoms with Crippen LogP contribution in [0, 0.1) is 15.9 Å². The van der Waals surface area contributed by atoms with Gasteiger partial charge >= 0.3 is 0 Å². The number of ether oxygens (including phenoxy) is 1. The van der Waals surface area contributed by atoms with Gasteiger partial charge in [-0.15, -0.1) is 0 Å². The van der Waals surface area contributed by atoms with Crippen LogP contribution in [-0.2, 0) is 6.61 Å². The summed E-state index contributed by atoms with van der Waals surface area (Å²) in [7, 11) is 0. The average molecular weight is 316 g/mol. The van der Waals surface area contributed by atoms with Crippen LogP contribution in [0.1, 0.15) is 5.56 Å². The molecule has 0 saturated heterocycles. The van der Waals surface area contributed by atoms with Gasteiger partial charge in [-0.2, -0.15) is 0 Å². The van der Waals surface area contributed by atoms with Gasteiger partial charge in [0.05, 0.1) is 16.0 Å². The third-order valence-corrected chi connectivity index (χ3v) is 3.07. The summed E-state index contributed by atoms with van der Waals surface area (Å²) in [6.07, 6.45) is 0. The van der Waals surface area contributed by atoms with Crippen LogP contribution in [0.2, 0.25) is 10.0 Å². The van der Waals surface area contributed by atoms with Gasteiger partial charge in [-0.25, -0.2) is 4.39 Å². The molecule has 0 amide bonds. The SMILES string of the molecule is O=[N+]([O-])c1ccc(Cl)c(OCc2ccc(Cl)cc2F)c1. The van der Waals surface area contributed by atoms with Gasteiger partial charge < -0.3 is 4.74 Å². The third-order valence-electron chi connectivity index (χ3n) is 2.52. The van der Waals surface area contributed by atoms with Gasteiger partial charge in [0, 0.05) is 16.7 Å². The maximum atomic E-state index is 13.6. The molecule has 0 heterocycles. The first kappa shape index (κ1) is 14.6. The number of hydrogen-bond acceptors (Lipinski definition) is 3. The van der Waals surface area contributed by atoms with Gasteiger partial charge in [0.1, 0.15) is 18.2 Å². The second kappa shape index (κ2) is 6.07. The number of nitro groups is 1. The van der Waals surface area contributed by atoms with Gasteiger partial charge in [0.25, 0.3) is 5.69 Å². The Kier molecular flexibility index (Phi) is 4.42. The van der Waals surface area contributed by atoms with E-state index in [0.717, 1.165) is 6.07 Å². The van der Waals surface area contributed by atoms with E-state index in [0.29, 0.717) is 0 Å². The first-order valence-corrected chi connectivity index (χ1v) is 6.23. The van der Waals surface area contributed by atoms with E-state index in [9.17, 15) is 14.5 Å². The summed E-state index contributed by atoms with van der Waals surface area (Å²) < 4.78 is 18.9. The molecule has 0 spiro atoms. The Balaban J connectivity index is 2.18. The summed E-state index contributed by atoms with van der Waals surface area (Å²) in [5.41, 5.74) is 0.123. The molecule has 0 aliphatic carbocycles. The van der Waals surface area contributed by atoms with E-state index in [-0.39, 0.29) is 33.7 Å². The molecule has 2 aromatic carbocycles. The highest BCUT2D eigenvalue weighted by Crippen LogP contribution is 2.29. The Morgan fingerprint density at radius 1 is 1.20 bits per heavy atom. The number of halogens is 3. The second-order valence-electron chi connectivity index (χ2n) is 3.90. The lowest BCUT2D eigenvalue weighted by Gasteiger charge is -2.08. The van der Waals surface area contributed by atoms with Crippen molar-refractivity contribution in [2.75, 3.05) is 0 Å². The van der Waals surface area contributed by atoms with E-state index in [1.807, 2.05) is 0 Å². The van der Waals surface area contributed by atoms with Gasteiger partial charge in [0.15, 0.2) is 0 Å². The molecular weight excluding hydrogens is 308 g/mol. The minimum Gasteiger partial charge on any atom is -0.487 e. The predicted octanol–water partition coefficient (Wildman–Crippen LogP) is 4.62. The molecule has 2 aromatic rings. The lowest BCUT2D eigenvalue weighted by Crippen LogP contribution is -1.99. The summed E-state index contributed by atoms with van der Waals surface area (Å²) in [6, 6.07) is 7.97. The Bertz CT molecular complexity index is 664. The molecule has 20 heavy (non-hydrogen) atoms. The molecule has 0 aliphatic rings. The number of nitro benzene ring substituents is 1. The molecular formula is C13H8Cl2FNO3. The van der Waals surface area contributed by atoms with Crippen molar-refractivity contribution >= 4 is 28.9 Å². The fourth-order valence-corrected chi connectivity index (χ4v) is 1.84. The third kappa shape index (κ3) is 3.37. The minimum absolute atomic E-state index is 0.107. The molecule has 0 N–H and O–H groups in total. The molecule has 0 aromatic heterocycles. The molecule has 0 unspecified atom stereocenters.